The van der Waals surface area contributed by atoms with Crippen LogP contribution in [0.3, 0.4) is 0 Å². The summed E-state index contributed by atoms with van der Waals surface area (Å²) in [6.45, 7) is 2.75. The summed E-state index contributed by atoms with van der Waals surface area (Å²) in [5, 5.41) is 1.20. The van der Waals surface area contributed by atoms with Gasteiger partial charge in [0.2, 0.25) is 0 Å². The van der Waals surface area contributed by atoms with Gasteiger partial charge in [-0.15, -0.1) is 0 Å². The van der Waals surface area contributed by atoms with Gasteiger partial charge < -0.3 is 4.74 Å². The van der Waals surface area contributed by atoms with E-state index >= 15 is 0 Å². The van der Waals surface area contributed by atoms with Crippen molar-refractivity contribution in [2.45, 2.75) is 20.0 Å². The molecule has 2 heterocycles. The maximum absolute atomic E-state index is 5.89. The summed E-state index contributed by atoms with van der Waals surface area (Å²) in [5.74, 6) is 0.970. The summed E-state index contributed by atoms with van der Waals surface area (Å²) in [6.07, 6.45) is 0.965. The van der Waals surface area contributed by atoms with Crippen LogP contribution in [0.4, 0.5) is 0 Å². The zero-order valence-corrected chi connectivity index (χ0v) is 11.4. The summed E-state index contributed by atoms with van der Waals surface area (Å²) in [7, 11) is 0. The first-order chi connectivity index (χ1) is 9.86. The largest absolute Gasteiger partial charge is 0.488 e. The molecule has 0 amide bonds. The summed E-state index contributed by atoms with van der Waals surface area (Å²) in [6, 6.07) is 16.8. The zero-order valence-electron chi connectivity index (χ0n) is 11.4. The van der Waals surface area contributed by atoms with Crippen molar-refractivity contribution in [2.75, 3.05) is 0 Å². The Morgan fingerprint density at radius 2 is 1.90 bits per heavy atom. The molecule has 0 bridgehead atoms. The number of rotatable bonds is 1. The van der Waals surface area contributed by atoms with Gasteiger partial charge in [0.1, 0.15) is 12.4 Å². The molecular weight excluding hydrogens is 246 g/mol. The number of hydrogen-bond acceptors (Lipinski definition) is 2. The lowest BCUT2D eigenvalue weighted by Crippen LogP contribution is -2.06. The third-order valence-corrected chi connectivity index (χ3v) is 3.95. The molecule has 2 aromatic carbocycles. The number of para-hydroxylation sites is 1. The number of ether oxygens (including phenoxy) is 1. The van der Waals surface area contributed by atoms with E-state index in [9.17, 15) is 0 Å². The quantitative estimate of drug-likeness (QED) is 0.649. The van der Waals surface area contributed by atoms with E-state index in [1.165, 1.54) is 22.1 Å². The molecule has 2 nitrogen and oxygen atoms in total. The normalized spacial score (nSPS) is 12.7. The first kappa shape index (κ1) is 11.5. The molecule has 0 radical (unpaired) electrons. The lowest BCUT2D eigenvalue weighted by molar-refractivity contribution is 0.304. The Hall–Kier alpha value is -2.35. The number of nitrogens with zero attached hydrogens (tertiary/aromatic N) is 1. The minimum absolute atomic E-state index is 0.622. The molecule has 0 fully saturated rings. The Morgan fingerprint density at radius 1 is 1.00 bits per heavy atom. The highest BCUT2D eigenvalue weighted by Crippen LogP contribution is 2.39. The summed E-state index contributed by atoms with van der Waals surface area (Å²) < 4.78 is 5.89. The van der Waals surface area contributed by atoms with Crippen LogP contribution in [0.5, 0.6) is 5.75 Å². The van der Waals surface area contributed by atoms with E-state index in [1.807, 2.05) is 12.1 Å². The van der Waals surface area contributed by atoms with Gasteiger partial charge in [-0.25, -0.2) is 0 Å². The van der Waals surface area contributed by atoms with Crippen LogP contribution in [0.1, 0.15) is 18.2 Å². The lowest BCUT2D eigenvalue weighted by Gasteiger charge is -2.22. The van der Waals surface area contributed by atoms with Gasteiger partial charge in [-0.2, -0.15) is 0 Å². The van der Waals surface area contributed by atoms with Crippen LogP contribution in [0, 0.1) is 0 Å². The Kier molecular flexibility index (Phi) is 2.49. The van der Waals surface area contributed by atoms with Gasteiger partial charge in [0, 0.05) is 22.2 Å². The molecule has 0 saturated heterocycles. The highest BCUT2D eigenvalue weighted by molar-refractivity contribution is 5.91. The fourth-order valence-corrected chi connectivity index (χ4v) is 2.88. The number of aryl methyl sites for hydroxylation is 1. The SMILES string of the molecule is CCc1ccc2c3c(ccc2n1)-c1ccccc1OC3. The highest BCUT2D eigenvalue weighted by Gasteiger charge is 2.18. The molecule has 20 heavy (non-hydrogen) atoms. The van der Waals surface area contributed by atoms with Crippen molar-refractivity contribution in [3.63, 3.8) is 0 Å². The van der Waals surface area contributed by atoms with E-state index in [1.54, 1.807) is 0 Å². The predicted molar refractivity (Wildman–Crippen MR) is 80.9 cm³/mol. The van der Waals surface area contributed by atoms with Crippen LogP contribution in [-0.2, 0) is 13.0 Å². The molecule has 0 aliphatic carbocycles. The maximum Gasteiger partial charge on any atom is 0.127 e. The van der Waals surface area contributed by atoms with Crippen LogP contribution in [0.15, 0.2) is 48.5 Å². The van der Waals surface area contributed by atoms with Crippen LogP contribution in [-0.4, -0.2) is 4.98 Å². The van der Waals surface area contributed by atoms with E-state index in [-0.39, 0.29) is 0 Å². The second-order valence-corrected chi connectivity index (χ2v) is 5.10. The maximum atomic E-state index is 5.89. The Balaban J connectivity index is 2.00. The predicted octanol–water partition coefficient (Wildman–Crippen LogP) is 4.36. The van der Waals surface area contributed by atoms with Crippen molar-refractivity contribution in [2.24, 2.45) is 0 Å². The molecule has 0 spiro atoms. The van der Waals surface area contributed by atoms with Gasteiger partial charge in [-0.3, -0.25) is 4.98 Å². The third kappa shape index (κ3) is 1.61. The van der Waals surface area contributed by atoms with Gasteiger partial charge in [0.15, 0.2) is 0 Å². The number of hydrogen-bond donors (Lipinski definition) is 0. The average molecular weight is 261 g/mol. The van der Waals surface area contributed by atoms with Crippen LogP contribution in [0.25, 0.3) is 22.0 Å². The summed E-state index contributed by atoms with van der Waals surface area (Å²) >= 11 is 0. The minimum atomic E-state index is 0.622. The molecule has 1 aliphatic heterocycles. The minimum Gasteiger partial charge on any atom is -0.488 e. The van der Waals surface area contributed by atoms with Crippen molar-refractivity contribution < 1.29 is 4.74 Å². The second kappa shape index (κ2) is 4.34. The monoisotopic (exact) mass is 261 g/mol. The Bertz CT molecular complexity index is 808. The van der Waals surface area contributed by atoms with Crippen LogP contribution in [0.2, 0.25) is 0 Å². The molecular formula is C18H15NO. The zero-order chi connectivity index (χ0) is 13.5. The average Bonchev–Trinajstić information content (AvgIpc) is 2.53. The molecule has 4 rings (SSSR count). The van der Waals surface area contributed by atoms with Crippen LogP contribution >= 0.6 is 0 Å². The number of pyridine rings is 1. The molecule has 1 aliphatic rings. The van der Waals surface area contributed by atoms with Crippen molar-refractivity contribution >= 4 is 10.9 Å². The van der Waals surface area contributed by atoms with E-state index < -0.39 is 0 Å². The summed E-state index contributed by atoms with van der Waals surface area (Å²) in [5.41, 5.74) is 5.89. The van der Waals surface area contributed by atoms with Gasteiger partial charge in [0.05, 0.1) is 5.52 Å². The van der Waals surface area contributed by atoms with Gasteiger partial charge in [-0.1, -0.05) is 37.3 Å². The van der Waals surface area contributed by atoms with E-state index in [4.69, 9.17) is 9.72 Å². The fourth-order valence-electron chi connectivity index (χ4n) is 2.88. The molecule has 1 aromatic heterocycles. The topological polar surface area (TPSA) is 22.1 Å². The molecule has 98 valence electrons. The van der Waals surface area contributed by atoms with Crippen molar-refractivity contribution in [1.82, 2.24) is 4.98 Å². The summed E-state index contributed by atoms with van der Waals surface area (Å²) in [4.78, 5) is 4.70. The number of benzene rings is 2. The molecule has 0 saturated carbocycles. The second-order valence-electron chi connectivity index (χ2n) is 5.10. The van der Waals surface area contributed by atoms with Crippen LogP contribution < -0.4 is 4.74 Å². The van der Waals surface area contributed by atoms with Gasteiger partial charge >= 0.3 is 0 Å². The Labute approximate surface area is 118 Å². The fraction of sp³-hybridized carbons (Fsp3) is 0.167. The first-order valence-corrected chi connectivity index (χ1v) is 7.00. The first-order valence-electron chi connectivity index (χ1n) is 7.00. The number of fused-ring (bicyclic) bond motifs is 5. The molecule has 0 N–H and O–H groups in total. The van der Waals surface area contributed by atoms with Gasteiger partial charge in [0.25, 0.3) is 0 Å². The molecule has 3 aromatic rings. The van der Waals surface area contributed by atoms with Crippen molar-refractivity contribution in [1.29, 1.82) is 0 Å². The smallest absolute Gasteiger partial charge is 0.127 e. The standard InChI is InChI=1S/C18H15NO/c1-2-12-7-8-14-16-11-20-18-6-4-3-5-15(18)13(16)9-10-17(14)19-12/h3-10H,2,11H2,1H3. The van der Waals surface area contributed by atoms with Crippen molar-refractivity contribution in [3.05, 3.63) is 59.8 Å². The lowest BCUT2D eigenvalue weighted by atomic mass is 9.94. The Morgan fingerprint density at radius 3 is 2.80 bits per heavy atom. The van der Waals surface area contributed by atoms with E-state index in [0.29, 0.717) is 6.61 Å². The molecule has 0 unspecified atom stereocenters. The van der Waals surface area contributed by atoms with E-state index in [0.717, 1.165) is 23.4 Å². The third-order valence-electron chi connectivity index (χ3n) is 3.95. The van der Waals surface area contributed by atoms with Crippen molar-refractivity contribution in [3.8, 4) is 16.9 Å². The highest BCUT2D eigenvalue weighted by atomic mass is 16.5. The molecule has 0 atom stereocenters. The molecule has 2 heteroatoms. The van der Waals surface area contributed by atoms with E-state index in [2.05, 4.69) is 43.3 Å². The van der Waals surface area contributed by atoms with Gasteiger partial charge in [-0.05, 0) is 30.2 Å². The number of aromatic nitrogens is 1.